The van der Waals surface area contributed by atoms with Crippen LogP contribution in [-0.4, -0.2) is 78.8 Å². The highest BCUT2D eigenvalue weighted by Gasteiger charge is 2.29. The van der Waals surface area contributed by atoms with Gasteiger partial charge in [0.05, 0.1) is 36.6 Å². The van der Waals surface area contributed by atoms with Gasteiger partial charge in [0, 0.05) is 13.1 Å². The fourth-order valence-corrected chi connectivity index (χ4v) is 6.13. The average Bonchev–Trinajstić information content (AvgIpc) is 2.82. The van der Waals surface area contributed by atoms with Gasteiger partial charge < -0.3 is 14.8 Å². The number of hydrogen-bond acceptors (Lipinski definition) is 7. The second kappa shape index (κ2) is 11.3. The number of nitrogens with zero attached hydrogens (tertiary/aromatic N) is 2. The van der Waals surface area contributed by atoms with Crippen LogP contribution in [0.3, 0.4) is 0 Å². The molecule has 2 aromatic carbocycles. The monoisotopic (exact) mass is 529 g/mol. The van der Waals surface area contributed by atoms with Crippen molar-refractivity contribution in [2.75, 3.05) is 50.0 Å². The number of anilines is 1. The molecular weight excluding hydrogens is 501 g/mol. The van der Waals surface area contributed by atoms with Gasteiger partial charge in [-0.25, -0.2) is 21.2 Å². The summed E-state index contributed by atoms with van der Waals surface area (Å²) in [5.41, 5.74) is 0.0403. The van der Waals surface area contributed by atoms with Crippen LogP contribution < -0.4 is 14.4 Å². The number of benzene rings is 2. The molecule has 0 saturated carbocycles. The topological polar surface area (TPSA) is 122 Å². The van der Waals surface area contributed by atoms with E-state index in [-0.39, 0.29) is 23.7 Å². The van der Waals surface area contributed by atoms with Crippen molar-refractivity contribution in [2.24, 2.45) is 0 Å². The van der Waals surface area contributed by atoms with E-state index in [0.717, 1.165) is 16.6 Å². The molecule has 10 nitrogen and oxygen atoms in total. The molecule has 1 aliphatic rings. The number of hydrogen-bond donors (Lipinski definition) is 1. The normalized spacial score (nSPS) is 15.9. The van der Waals surface area contributed by atoms with Crippen LogP contribution in [-0.2, 0) is 29.6 Å². The van der Waals surface area contributed by atoms with E-state index >= 15 is 0 Å². The number of rotatable bonds is 10. The Balaban J connectivity index is 1.54. The summed E-state index contributed by atoms with van der Waals surface area (Å²) < 4.78 is 76.4. The van der Waals surface area contributed by atoms with Gasteiger partial charge in [-0.1, -0.05) is 6.07 Å². The van der Waals surface area contributed by atoms with E-state index in [1.807, 2.05) is 0 Å². The fraction of sp³-hybridized carbons (Fsp3) is 0.409. The molecule has 3 rings (SSSR count). The summed E-state index contributed by atoms with van der Waals surface area (Å²) >= 11 is 0. The molecule has 1 amide bonds. The van der Waals surface area contributed by atoms with E-state index in [1.54, 1.807) is 0 Å². The van der Waals surface area contributed by atoms with Gasteiger partial charge in [0.25, 0.3) is 0 Å². The molecule has 192 valence electrons. The zero-order valence-electron chi connectivity index (χ0n) is 19.4. The van der Waals surface area contributed by atoms with Crippen LogP contribution in [0.15, 0.2) is 53.4 Å². The lowest BCUT2D eigenvalue weighted by Gasteiger charge is -2.28. The van der Waals surface area contributed by atoms with Crippen LogP contribution in [0, 0.1) is 5.82 Å². The van der Waals surface area contributed by atoms with Gasteiger partial charge in [-0.2, -0.15) is 4.31 Å². The Kier molecular flexibility index (Phi) is 8.70. The quantitative estimate of drug-likeness (QED) is 0.459. The number of carbonyl (C=O) groups excluding carboxylic acids is 1. The van der Waals surface area contributed by atoms with Crippen molar-refractivity contribution in [2.45, 2.75) is 17.9 Å². The SMILES string of the molecule is CC(C(=O)NCCOc1ccc(S(=O)(=O)N2CCOCC2)cc1)N(c1cccc(F)c1)S(C)(=O)=O. The molecule has 0 aliphatic carbocycles. The number of ether oxygens (including phenoxy) is 2. The molecule has 1 aliphatic heterocycles. The Morgan fingerprint density at radius 2 is 1.80 bits per heavy atom. The molecule has 0 aromatic heterocycles. The summed E-state index contributed by atoms with van der Waals surface area (Å²) in [7, 11) is -7.47. The van der Waals surface area contributed by atoms with Gasteiger partial charge in [0.1, 0.15) is 24.2 Å². The minimum absolute atomic E-state index is 0.0403. The molecule has 13 heteroatoms. The van der Waals surface area contributed by atoms with Gasteiger partial charge >= 0.3 is 0 Å². The number of nitrogens with one attached hydrogen (secondary N) is 1. The molecule has 0 bridgehead atoms. The van der Waals surface area contributed by atoms with Crippen molar-refractivity contribution in [3.05, 3.63) is 54.3 Å². The Bertz CT molecular complexity index is 1230. The van der Waals surface area contributed by atoms with Crippen molar-refractivity contribution in [1.82, 2.24) is 9.62 Å². The highest BCUT2D eigenvalue weighted by atomic mass is 32.2. The number of halogens is 1. The van der Waals surface area contributed by atoms with Crippen molar-refractivity contribution in [1.29, 1.82) is 0 Å². The number of carbonyl (C=O) groups is 1. The first-order valence-electron chi connectivity index (χ1n) is 10.8. The maximum atomic E-state index is 13.6. The first-order valence-corrected chi connectivity index (χ1v) is 14.1. The lowest BCUT2D eigenvalue weighted by Crippen LogP contribution is -2.48. The van der Waals surface area contributed by atoms with Gasteiger partial charge in [-0.05, 0) is 49.4 Å². The number of sulfonamides is 2. The predicted molar refractivity (Wildman–Crippen MR) is 128 cm³/mol. The number of morpholine rings is 1. The molecule has 2 aromatic rings. The van der Waals surface area contributed by atoms with E-state index in [9.17, 15) is 26.0 Å². The van der Waals surface area contributed by atoms with Crippen molar-refractivity contribution < 1.29 is 35.5 Å². The highest BCUT2D eigenvalue weighted by molar-refractivity contribution is 7.92. The Hall–Kier alpha value is -2.74. The van der Waals surface area contributed by atoms with Crippen LogP contribution in [0.4, 0.5) is 10.1 Å². The van der Waals surface area contributed by atoms with Crippen LogP contribution in [0.1, 0.15) is 6.92 Å². The summed E-state index contributed by atoms with van der Waals surface area (Å²) in [5.74, 6) is -0.804. The molecule has 35 heavy (non-hydrogen) atoms. The zero-order valence-corrected chi connectivity index (χ0v) is 21.0. The highest BCUT2D eigenvalue weighted by Crippen LogP contribution is 2.22. The molecule has 1 heterocycles. The largest absolute Gasteiger partial charge is 0.492 e. The maximum Gasteiger partial charge on any atom is 0.243 e. The number of amides is 1. The summed E-state index contributed by atoms with van der Waals surface area (Å²) in [6.07, 6.45) is 0.938. The molecule has 1 atom stereocenters. The van der Waals surface area contributed by atoms with Gasteiger partial charge in [-0.15, -0.1) is 0 Å². The molecule has 1 saturated heterocycles. The zero-order chi connectivity index (χ0) is 25.6. The van der Waals surface area contributed by atoms with Crippen LogP contribution >= 0.6 is 0 Å². The Morgan fingerprint density at radius 3 is 2.40 bits per heavy atom. The molecule has 1 fully saturated rings. The lowest BCUT2D eigenvalue weighted by molar-refractivity contribution is -0.121. The van der Waals surface area contributed by atoms with E-state index in [1.165, 1.54) is 53.7 Å². The minimum Gasteiger partial charge on any atom is -0.492 e. The first-order chi connectivity index (χ1) is 16.5. The third-order valence-electron chi connectivity index (χ3n) is 5.25. The Labute approximate surface area is 204 Å². The molecule has 1 unspecified atom stereocenters. The minimum atomic E-state index is -3.86. The molecular formula is C22H28FN3O7S2. The standard InChI is InChI=1S/C22H28FN3O7S2/c1-17(26(34(2,28)29)19-5-3-4-18(23)16-19)22(27)24-10-13-33-20-6-8-21(9-7-20)35(30,31)25-11-14-32-15-12-25/h3-9,16-17H,10-15H2,1-2H3,(H,24,27). The summed E-state index contributed by atoms with van der Waals surface area (Å²) in [4.78, 5) is 12.7. The van der Waals surface area contributed by atoms with Gasteiger partial charge in [0.2, 0.25) is 26.0 Å². The maximum absolute atomic E-state index is 13.6. The Morgan fingerprint density at radius 1 is 1.14 bits per heavy atom. The van der Waals surface area contributed by atoms with Crippen molar-refractivity contribution >= 4 is 31.6 Å². The summed E-state index contributed by atoms with van der Waals surface area (Å²) in [6, 6.07) is 9.79. The third-order valence-corrected chi connectivity index (χ3v) is 8.41. The van der Waals surface area contributed by atoms with Gasteiger partial charge in [0.15, 0.2) is 0 Å². The van der Waals surface area contributed by atoms with E-state index in [4.69, 9.17) is 9.47 Å². The molecule has 0 radical (unpaired) electrons. The van der Waals surface area contributed by atoms with E-state index < -0.39 is 37.8 Å². The van der Waals surface area contributed by atoms with Crippen molar-refractivity contribution in [3.8, 4) is 5.75 Å². The fourth-order valence-electron chi connectivity index (χ4n) is 3.56. The predicted octanol–water partition coefficient (Wildman–Crippen LogP) is 1.20. The van der Waals surface area contributed by atoms with E-state index in [2.05, 4.69) is 5.32 Å². The van der Waals surface area contributed by atoms with Gasteiger partial charge in [-0.3, -0.25) is 9.10 Å². The van der Waals surface area contributed by atoms with Crippen LogP contribution in [0.25, 0.3) is 0 Å². The summed E-state index contributed by atoms with van der Waals surface area (Å²) in [5, 5.41) is 2.59. The second-order valence-electron chi connectivity index (χ2n) is 7.84. The molecule has 1 N–H and O–H groups in total. The van der Waals surface area contributed by atoms with Crippen LogP contribution in [0.2, 0.25) is 0 Å². The second-order valence-corrected chi connectivity index (χ2v) is 11.6. The summed E-state index contributed by atoms with van der Waals surface area (Å²) in [6.45, 7) is 2.84. The third kappa shape index (κ3) is 6.90. The first kappa shape index (κ1) is 26.9. The van der Waals surface area contributed by atoms with Crippen molar-refractivity contribution in [3.63, 3.8) is 0 Å². The van der Waals surface area contributed by atoms with E-state index in [0.29, 0.717) is 32.1 Å². The smallest absolute Gasteiger partial charge is 0.243 e. The average molecular weight is 530 g/mol. The van der Waals surface area contributed by atoms with Crippen LogP contribution in [0.5, 0.6) is 5.75 Å². The lowest BCUT2D eigenvalue weighted by atomic mass is 10.2. The molecule has 0 spiro atoms.